The van der Waals surface area contributed by atoms with Crippen LogP contribution in [0.5, 0.6) is 11.5 Å². The number of hydrogen-bond acceptors (Lipinski definition) is 6. The molecule has 28 heavy (non-hydrogen) atoms. The van der Waals surface area contributed by atoms with E-state index in [4.69, 9.17) is 14.2 Å². The van der Waals surface area contributed by atoms with E-state index in [-0.39, 0.29) is 12.6 Å². The highest BCUT2D eigenvalue weighted by Crippen LogP contribution is 2.15. The molecule has 148 valence electrons. The molecule has 2 aromatic rings. The fourth-order valence-corrected chi connectivity index (χ4v) is 2.19. The number of esters is 1. The molecule has 0 spiro atoms. The lowest BCUT2D eigenvalue weighted by molar-refractivity contribution is -0.123. The molecule has 2 aromatic carbocycles. The summed E-state index contributed by atoms with van der Waals surface area (Å²) in [6, 6.07) is 13.8. The number of nitrogens with one attached hydrogen (secondary N) is 1. The molecule has 1 N–H and O–H groups in total. The third-order valence-corrected chi connectivity index (χ3v) is 3.51. The van der Waals surface area contributed by atoms with E-state index in [1.165, 1.54) is 6.21 Å². The average Bonchev–Trinajstić information content (AvgIpc) is 2.72. The summed E-state index contributed by atoms with van der Waals surface area (Å²) in [4.78, 5) is 23.6. The van der Waals surface area contributed by atoms with Crippen molar-refractivity contribution in [1.82, 2.24) is 5.43 Å². The van der Waals surface area contributed by atoms with Gasteiger partial charge in [-0.1, -0.05) is 19.1 Å². The first-order valence-electron chi connectivity index (χ1n) is 9.07. The van der Waals surface area contributed by atoms with Crippen molar-refractivity contribution >= 4 is 18.1 Å². The summed E-state index contributed by atoms with van der Waals surface area (Å²) in [7, 11) is 0. The second-order valence-corrected chi connectivity index (χ2v) is 5.71. The largest absolute Gasteiger partial charge is 0.493 e. The van der Waals surface area contributed by atoms with Crippen LogP contribution in [0.4, 0.5) is 0 Å². The molecule has 0 aliphatic rings. The van der Waals surface area contributed by atoms with Gasteiger partial charge in [0.1, 0.15) is 11.5 Å². The smallest absolute Gasteiger partial charge is 0.338 e. The van der Waals surface area contributed by atoms with Gasteiger partial charge in [0.15, 0.2) is 6.61 Å². The first kappa shape index (κ1) is 21.0. The number of rotatable bonds is 10. The van der Waals surface area contributed by atoms with Gasteiger partial charge in [-0.15, -0.1) is 0 Å². The van der Waals surface area contributed by atoms with Gasteiger partial charge in [-0.2, -0.15) is 5.10 Å². The Bertz CT molecular complexity index is 803. The van der Waals surface area contributed by atoms with Crippen LogP contribution in [-0.2, 0) is 9.53 Å². The van der Waals surface area contributed by atoms with Gasteiger partial charge in [0, 0.05) is 5.56 Å². The van der Waals surface area contributed by atoms with Gasteiger partial charge in [-0.3, -0.25) is 4.79 Å². The number of carbonyl (C=O) groups is 2. The van der Waals surface area contributed by atoms with Gasteiger partial charge in [0.25, 0.3) is 5.91 Å². The van der Waals surface area contributed by atoms with Crippen LogP contribution in [0.3, 0.4) is 0 Å². The van der Waals surface area contributed by atoms with E-state index in [0.717, 1.165) is 12.0 Å². The van der Waals surface area contributed by atoms with Gasteiger partial charge >= 0.3 is 5.97 Å². The molecule has 0 unspecified atom stereocenters. The van der Waals surface area contributed by atoms with Crippen molar-refractivity contribution in [2.45, 2.75) is 20.3 Å². The Labute approximate surface area is 164 Å². The standard InChI is InChI=1S/C21H24N2O5/c1-3-13-27-21(25)16-9-11-18(12-10-16)28-15-20(24)23-22-14-17-7-5-6-8-19(17)26-4-2/h5-12,14H,3-4,13,15H2,1-2H3,(H,23,24)/b22-14+. The third kappa shape index (κ3) is 6.75. The van der Waals surface area contributed by atoms with Crippen LogP contribution in [0.1, 0.15) is 36.2 Å². The molecule has 0 fully saturated rings. The Balaban J connectivity index is 1.80. The summed E-state index contributed by atoms with van der Waals surface area (Å²) in [5.74, 6) is 0.369. The predicted molar refractivity (Wildman–Crippen MR) is 106 cm³/mol. The van der Waals surface area contributed by atoms with E-state index >= 15 is 0 Å². The highest BCUT2D eigenvalue weighted by molar-refractivity contribution is 5.89. The van der Waals surface area contributed by atoms with Crippen molar-refractivity contribution in [2.24, 2.45) is 5.10 Å². The molecule has 0 heterocycles. The molecular formula is C21H24N2O5. The molecular weight excluding hydrogens is 360 g/mol. The van der Waals surface area contributed by atoms with Gasteiger partial charge < -0.3 is 14.2 Å². The molecule has 2 rings (SSSR count). The van der Waals surface area contributed by atoms with Crippen LogP contribution < -0.4 is 14.9 Å². The van der Waals surface area contributed by atoms with Crippen LogP contribution in [0.25, 0.3) is 0 Å². The first-order chi connectivity index (χ1) is 13.6. The number of carbonyl (C=O) groups excluding carboxylic acids is 2. The van der Waals surface area contributed by atoms with Crippen LogP contribution in [-0.4, -0.2) is 37.9 Å². The summed E-state index contributed by atoms with van der Waals surface area (Å²) in [6.45, 7) is 4.54. The summed E-state index contributed by atoms with van der Waals surface area (Å²) < 4.78 is 15.9. The lowest BCUT2D eigenvalue weighted by Crippen LogP contribution is -2.24. The SMILES string of the molecule is CCCOC(=O)c1ccc(OCC(=O)N/N=C/c2ccccc2OCC)cc1. The highest BCUT2D eigenvalue weighted by atomic mass is 16.5. The van der Waals surface area contributed by atoms with Crippen molar-refractivity contribution < 1.29 is 23.8 Å². The molecule has 0 atom stereocenters. The fraction of sp³-hybridized carbons (Fsp3) is 0.286. The number of hydrogen-bond donors (Lipinski definition) is 1. The molecule has 7 nitrogen and oxygen atoms in total. The summed E-state index contributed by atoms with van der Waals surface area (Å²) >= 11 is 0. The molecule has 0 aliphatic carbocycles. The molecule has 7 heteroatoms. The van der Waals surface area contributed by atoms with Crippen LogP contribution in [0.2, 0.25) is 0 Å². The van der Waals surface area contributed by atoms with Crippen LogP contribution >= 0.6 is 0 Å². The summed E-state index contributed by atoms with van der Waals surface area (Å²) in [5.41, 5.74) is 3.59. The van der Waals surface area contributed by atoms with Crippen molar-refractivity contribution in [3.05, 3.63) is 59.7 Å². The lowest BCUT2D eigenvalue weighted by atomic mass is 10.2. The Hall–Kier alpha value is -3.35. The third-order valence-electron chi connectivity index (χ3n) is 3.51. The molecule has 0 radical (unpaired) electrons. The van der Waals surface area contributed by atoms with Gasteiger partial charge in [-0.05, 0) is 49.7 Å². The molecule has 0 aliphatic heterocycles. The molecule has 0 bridgehead atoms. The predicted octanol–water partition coefficient (Wildman–Crippen LogP) is 3.18. The molecule has 1 amide bonds. The van der Waals surface area contributed by atoms with Crippen molar-refractivity contribution in [1.29, 1.82) is 0 Å². The normalized spacial score (nSPS) is 10.5. The maximum absolute atomic E-state index is 11.9. The van der Waals surface area contributed by atoms with Gasteiger partial charge in [-0.25, -0.2) is 10.2 Å². The highest BCUT2D eigenvalue weighted by Gasteiger charge is 2.07. The lowest BCUT2D eigenvalue weighted by Gasteiger charge is -2.07. The minimum atomic E-state index is -0.406. The Kier molecular flexibility index (Phi) is 8.52. The average molecular weight is 384 g/mol. The maximum Gasteiger partial charge on any atom is 0.338 e. The van der Waals surface area contributed by atoms with E-state index in [0.29, 0.717) is 30.3 Å². The fourth-order valence-electron chi connectivity index (χ4n) is 2.19. The first-order valence-corrected chi connectivity index (χ1v) is 9.07. The van der Waals surface area contributed by atoms with Crippen molar-refractivity contribution in [3.63, 3.8) is 0 Å². The zero-order valence-electron chi connectivity index (χ0n) is 16.0. The summed E-state index contributed by atoms with van der Waals surface area (Å²) in [6.07, 6.45) is 2.28. The topological polar surface area (TPSA) is 86.2 Å². The Morgan fingerprint density at radius 2 is 1.79 bits per heavy atom. The molecule has 0 saturated heterocycles. The van der Waals surface area contributed by atoms with Gasteiger partial charge in [0.05, 0.1) is 25.0 Å². The molecule has 0 aromatic heterocycles. The second kappa shape index (κ2) is 11.4. The number of benzene rings is 2. The number of ether oxygens (including phenoxy) is 3. The van der Waals surface area contributed by atoms with Crippen molar-refractivity contribution in [2.75, 3.05) is 19.8 Å². The van der Waals surface area contributed by atoms with Crippen LogP contribution in [0.15, 0.2) is 53.6 Å². The molecule has 0 saturated carbocycles. The maximum atomic E-state index is 11.9. The van der Waals surface area contributed by atoms with Gasteiger partial charge in [0.2, 0.25) is 0 Å². The van der Waals surface area contributed by atoms with E-state index in [1.54, 1.807) is 24.3 Å². The van der Waals surface area contributed by atoms with E-state index in [2.05, 4.69) is 10.5 Å². The minimum absolute atomic E-state index is 0.204. The monoisotopic (exact) mass is 384 g/mol. The second-order valence-electron chi connectivity index (χ2n) is 5.71. The minimum Gasteiger partial charge on any atom is -0.493 e. The zero-order chi connectivity index (χ0) is 20.2. The number of para-hydroxylation sites is 1. The van der Waals surface area contributed by atoms with E-state index in [9.17, 15) is 9.59 Å². The van der Waals surface area contributed by atoms with E-state index < -0.39 is 5.91 Å². The quantitative estimate of drug-likeness (QED) is 0.386. The summed E-state index contributed by atoms with van der Waals surface area (Å²) in [5, 5.41) is 3.92. The number of hydrazone groups is 1. The van der Waals surface area contributed by atoms with Crippen LogP contribution in [0, 0.1) is 0 Å². The van der Waals surface area contributed by atoms with Crippen molar-refractivity contribution in [3.8, 4) is 11.5 Å². The Morgan fingerprint density at radius 1 is 1.04 bits per heavy atom. The van der Waals surface area contributed by atoms with E-state index in [1.807, 2.05) is 38.1 Å². The number of nitrogens with zero attached hydrogens (tertiary/aromatic N) is 1. The number of amides is 1. The zero-order valence-corrected chi connectivity index (χ0v) is 16.0. The Morgan fingerprint density at radius 3 is 2.50 bits per heavy atom.